The Morgan fingerprint density at radius 3 is 2.33 bits per heavy atom. The standard InChI is InChI=1S/C39H43F3N8O7/c1-5-24-18-27(57-48-24)30-31(55-35(52)39(40,41)42)29(51)34(54-30)50-21-44-28-32(43-19-26(22-12-8-6-9-13-22)23-14-10-7-11-15-23)46-36(47-33(28)50)49-17-16-25(20-49)45-37(53)56-38(2,3)4/h6-15,18,21,25-26,29-31,34,51H,5,16-17,19-20H2,1-4H3,(H,45,53)(H,43,46,47)/t25-,29-,30-,31+,34-/m1/s1. The van der Waals surface area contributed by atoms with Crippen molar-refractivity contribution in [3.05, 3.63) is 95.6 Å². The zero-order chi connectivity index (χ0) is 40.5. The molecule has 3 aromatic heterocycles. The molecule has 302 valence electrons. The van der Waals surface area contributed by atoms with Crippen molar-refractivity contribution in [3.63, 3.8) is 0 Å². The molecule has 1 amide bonds. The van der Waals surface area contributed by atoms with Crippen molar-refractivity contribution in [2.75, 3.05) is 29.9 Å². The Morgan fingerprint density at radius 1 is 1.04 bits per heavy atom. The minimum atomic E-state index is -5.34. The van der Waals surface area contributed by atoms with Gasteiger partial charge in [0.05, 0.1) is 18.1 Å². The van der Waals surface area contributed by atoms with E-state index in [1.165, 1.54) is 17.0 Å². The quantitative estimate of drug-likeness (QED) is 0.136. The second-order valence-electron chi connectivity index (χ2n) is 14.9. The zero-order valence-electron chi connectivity index (χ0n) is 31.6. The van der Waals surface area contributed by atoms with Crippen LogP contribution in [0, 0.1) is 0 Å². The number of nitrogens with zero attached hydrogens (tertiary/aromatic N) is 6. The Labute approximate surface area is 325 Å². The topological polar surface area (TPSA) is 179 Å². The van der Waals surface area contributed by atoms with Crippen LogP contribution in [0.25, 0.3) is 11.2 Å². The third kappa shape index (κ3) is 8.81. The summed E-state index contributed by atoms with van der Waals surface area (Å²) in [6.07, 6.45) is -10.2. The van der Waals surface area contributed by atoms with E-state index in [1.807, 2.05) is 65.6 Å². The van der Waals surface area contributed by atoms with Crippen molar-refractivity contribution in [2.45, 2.75) is 88.8 Å². The first-order chi connectivity index (χ1) is 27.2. The van der Waals surface area contributed by atoms with Gasteiger partial charge in [-0.15, -0.1) is 0 Å². The number of nitrogens with one attached hydrogen (secondary N) is 2. The average Bonchev–Trinajstić information content (AvgIpc) is 3.98. The van der Waals surface area contributed by atoms with Crippen LogP contribution in [0.5, 0.6) is 0 Å². The molecule has 5 aromatic rings. The van der Waals surface area contributed by atoms with Gasteiger partial charge in [0.15, 0.2) is 41.2 Å². The highest BCUT2D eigenvalue weighted by Crippen LogP contribution is 2.43. The molecule has 5 atom stereocenters. The first-order valence-electron chi connectivity index (χ1n) is 18.6. The third-order valence-corrected chi connectivity index (χ3v) is 9.66. The molecule has 0 unspecified atom stereocenters. The number of imidazole rings is 1. The van der Waals surface area contributed by atoms with Crippen LogP contribution in [0.2, 0.25) is 0 Å². The number of alkyl halides is 3. The summed E-state index contributed by atoms with van der Waals surface area (Å²) in [4.78, 5) is 40.9. The zero-order valence-corrected chi connectivity index (χ0v) is 31.6. The lowest BCUT2D eigenvalue weighted by atomic mass is 9.91. The number of fused-ring (bicyclic) bond motifs is 1. The number of hydrogen-bond acceptors (Lipinski definition) is 13. The van der Waals surface area contributed by atoms with Crippen molar-refractivity contribution in [1.29, 1.82) is 0 Å². The van der Waals surface area contributed by atoms with E-state index in [1.54, 1.807) is 27.7 Å². The minimum Gasteiger partial charge on any atom is -0.449 e. The Kier molecular flexibility index (Phi) is 11.1. The Balaban J connectivity index is 1.25. The molecular formula is C39H43F3N8O7. The molecular weight excluding hydrogens is 749 g/mol. The highest BCUT2D eigenvalue weighted by molar-refractivity contribution is 5.84. The smallest absolute Gasteiger partial charge is 0.449 e. The van der Waals surface area contributed by atoms with E-state index in [-0.39, 0.29) is 34.8 Å². The number of carbonyl (C=O) groups excluding carboxylic acids is 2. The Bertz CT molecular complexity index is 2140. The Hall–Kier alpha value is -5.75. The van der Waals surface area contributed by atoms with E-state index in [9.17, 15) is 27.9 Å². The summed E-state index contributed by atoms with van der Waals surface area (Å²) in [5.41, 5.74) is 2.33. The van der Waals surface area contributed by atoms with Gasteiger partial charge >= 0.3 is 18.2 Å². The number of aliphatic hydroxyl groups is 1. The van der Waals surface area contributed by atoms with Gasteiger partial charge in [0.25, 0.3) is 0 Å². The predicted molar refractivity (Wildman–Crippen MR) is 199 cm³/mol. The van der Waals surface area contributed by atoms with Crippen molar-refractivity contribution >= 4 is 35.0 Å². The lowest BCUT2D eigenvalue weighted by Gasteiger charge is -2.23. The number of aromatic nitrogens is 5. The van der Waals surface area contributed by atoms with Crippen LogP contribution in [0.15, 0.2) is 77.6 Å². The number of ether oxygens (including phenoxy) is 3. The second kappa shape index (κ2) is 16.0. The number of rotatable bonds is 11. The molecule has 2 aromatic carbocycles. The van der Waals surface area contributed by atoms with Gasteiger partial charge in [-0.2, -0.15) is 23.1 Å². The van der Waals surface area contributed by atoms with Crippen LogP contribution in [-0.4, -0.2) is 91.5 Å². The summed E-state index contributed by atoms with van der Waals surface area (Å²) in [6.45, 7) is 8.30. The second-order valence-corrected chi connectivity index (χ2v) is 14.9. The molecule has 0 aliphatic carbocycles. The number of carbonyl (C=O) groups is 2. The van der Waals surface area contributed by atoms with Crippen LogP contribution in [0.3, 0.4) is 0 Å². The third-order valence-electron chi connectivity index (χ3n) is 9.66. The van der Waals surface area contributed by atoms with Crippen LogP contribution in [0.1, 0.15) is 74.9 Å². The summed E-state index contributed by atoms with van der Waals surface area (Å²) < 4.78 is 63.5. The van der Waals surface area contributed by atoms with Gasteiger partial charge < -0.3 is 39.4 Å². The maximum atomic E-state index is 13.4. The molecule has 3 N–H and O–H groups in total. The maximum absolute atomic E-state index is 13.4. The number of hydrogen-bond donors (Lipinski definition) is 3. The summed E-state index contributed by atoms with van der Waals surface area (Å²) in [6, 6.07) is 21.0. The molecule has 2 aliphatic heterocycles. The van der Waals surface area contributed by atoms with Gasteiger partial charge in [-0.3, -0.25) is 4.57 Å². The van der Waals surface area contributed by atoms with E-state index in [2.05, 4.69) is 20.8 Å². The number of anilines is 2. The van der Waals surface area contributed by atoms with E-state index in [0.717, 1.165) is 11.1 Å². The van der Waals surface area contributed by atoms with Crippen LogP contribution in [-0.2, 0) is 25.4 Å². The summed E-state index contributed by atoms with van der Waals surface area (Å²) >= 11 is 0. The molecule has 0 spiro atoms. The lowest BCUT2D eigenvalue weighted by molar-refractivity contribution is -0.210. The molecule has 2 aliphatic rings. The van der Waals surface area contributed by atoms with Crippen LogP contribution in [0.4, 0.5) is 29.7 Å². The average molecular weight is 793 g/mol. The Morgan fingerprint density at radius 2 is 1.72 bits per heavy atom. The van der Waals surface area contributed by atoms with Gasteiger partial charge in [-0.25, -0.2) is 14.6 Å². The first-order valence-corrected chi connectivity index (χ1v) is 18.6. The van der Waals surface area contributed by atoms with E-state index in [0.29, 0.717) is 44.0 Å². The fraction of sp³-hybridized carbons (Fsp3) is 0.436. The molecule has 7 rings (SSSR count). The molecule has 18 heteroatoms. The fourth-order valence-electron chi connectivity index (χ4n) is 6.95. The van der Waals surface area contributed by atoms with E-state index in [4.69, 9.17) is 28.7 Å². The normalized spacial score (nSPS) is 21.3. The van der Waals surface area contributed by atoms with Gasteiger partial charge in [0.2, 0.25) is 5.95 Å². The summed E-state index contributed by atoms with van der Waals surface area (Å²) in [5, 5.41) is 21.8. The number of aliphatic hydroxyl groups excluding tert-OH is 1. The van der Waals surface area contributed by atoms with Crippen LogP contribution >= 0.6 is 0 Å². The molecule has 2 saturated heterocycles. The molecule has 15 nitrogen and oxygen atoms in total. The summed E-state index contributed by atoms with van der Waals surface area (Å²) in [5.74, 6) is -2.07. The predicted octanol–water partition coefficient (Wildman–Crippen LogP) is 5.83. The fourth-order valence-corrected chi connectivity index (χ4v) is 6.95. The molecule has 0 saturated carbocycles. The first kappa shape index (κ1) is 39.5. The maximum Gasteiger partial charge on any atom is 0.490 e. The number of amides is 1. The minimum absolute atomic E-state index is 0.0380. The van der Waals surface area contributed by atoms with Gasteiger partial charge in [0, 0.05) is 31.6 Å². The number of halogens is 3. The monoisotopic (exact) mass is 792 g/mol. The number of aryl methyl sites for hydroxylation is 1. The van der Waals surface area contributed by atoms with E-state index >= 15 is 0 Å². The van der Waals surface area contributed by atoms with Crippen molar-refractivity contribution in [2.24, 2.45) is 0 Å². The van der Waals surface area contributed by atoms with Crippen molar-refractivity contribution < 1.29 is 46.6 Å². The van der Waals surface area contributed by atoms with Crippen molar-refractivity contribution in [1.82, 2.24) is 30.0 Å². The number of alkyl carbamates (subject to hydrolysis) is 1. The SMILES string of the molecule is CCc1cc([C@H]2O[C@@H](n3cnc4c(NCC(c5ccccc5)c5ccccc5)nc(N5CC[C@@H](NC(=O)OC(C)(C)C)C5)nc43)[C@H](O)[C@@H]2OC(=O)C(F)(F)F)on1. The van der Waals surface area contributed by atoms with Gasteiger partial charge in [-0.1, -0.05) is 72.7 Å². The molecule has 2 fully saturated rings. The molecule has 0 bridgehead atoms. The number of esters is 1. The highest BCUT2D eigenvalue weighted by atomic mass is 19.4. The van der Waals surface area contributed by atoms with Gasteiger partial charge in [-0.05, 0) is 44.7 Å². The van der Waals surface area contributed by atoms with Gasteiger partial charge in [0.1, 0.15) is 11.7 Å². The molecule has 57 heavy (non-hydrogen) atoms. The summed E-state index contributed by atoms with van der Waals surface area (Å²) in [7, 11) is 0. The van der Waals surface area contributed by atoms with Crippen molar-refractivity contribution in [3.8, 4) is 0 Å². The molecule has 0 radical (unpaired) electrons. The molecule has 5 heterocycles. The largest absolute Gasteiger partial charge is 0.490 e. The number of benzene rings is 2. The lowest BCUT2D eigenvalue weighted by Crippen LogP contribution is -2.40. The van der Waals surface area contributed by atoms with Crippen LogP contribution < -0.4 is 15.5 Å². The van der Waals surface area contributed by atoms with E-state index < -0.39 is 48.4 Å². The highest BCUT2D eigenvalue weighted by Gasteiger charge is 2.53.